The highest BCUT2D eigenvalue weighted by atomic mass is 32.2. The molecule has 1 unspecified atom stereocenters. The molecule has 1 aromatic rings. The van der Waals surface area contributed by atoms with E-state index >= 15 is 0 Å². The molecule has 6 nitrogen and oxygen atoms in total. The molecular formula is C11H21N3O3S2. The van der Waals surface area contributed by atoms with Crippen LogP contribution < -0.4 is 15.0 Å². The molecule has 1 atom stereocenters. The summed E-state index contributed by atoms with van der Waals surface area (Å²) < 4.78 is 27.6. The van der Waals surface area contributed by atoms with Gasteiger partial charge < -0.3 is 15.0 Å². The molecule has 19 heavy (non-hydrogen) atoms. The lowest BCUT2D eigenvalue weighted by atomic mass is 10.4. The fourth-order valence-electron chi connectivity index (χ4n) is 1.57. The van der Waals surface area contributed by atoms with Crippen molar-refractivity contribution < 1.29 is 13.2 Å². The van der Waals surface area contributed by atoms with E-state index in [4.69, 9.17) is 4.74 Å². The SMILES string of the molecule is COc1nc(N(C)C)sc1CNC(C)CS(C)(=O)=O. The minimum Gasteiger partial charge on any atom is -0.480 e. The van der Waals surface area contributed by atoms with Crippen LogP contribution in [0.4, 0.5) is 5.13 Å². The highest BCUT2D eigenvalue weighted by Crippen LogP contribution is 2.30. The molecule has 1 rings (SSSR count). The predicted molar refractivity (Wildman–Crippen MR) is 79.0 cm³/mol. The van der Waals surface area contributed by atoms with E-state index in [0.717, 1.165) is 10.0 Å². The minimum absolute atomic E-state index is 0.107. The van der Waals surface area contributed by atoms with Crippen LogP contribution in [0, 0.1) is 0 Å². The van der Waals surface area contributed by atoms with Crippen LogP contribution in [-0.4, -0.2) is 52.7 Å². The number of hydrogen-bond acceptors (Lipinski definition) is 7. The summed E-state index contributed by atoms with van der Waals surface area (Å²) in [5.41, 5.74) is 0. The standard InChI is InChI=1S/C11H21N3O3S2/c1-8(7-19(5,15)16)12-6-9-10(17-4)13-11(18-9)14(2)3/h8,12H,6-7H2,1-5H3. The van der Waals surface area contributed by atoms with E-state index in [1.165, 1.54) is 17.6 Å². The average Bonchev–Trinajstić information content (AvgIpc) is 2.67. The summed E-state index contributed by atoms with van der Waals surface area (Å²) in [4.78, 5) is 7.22. The Labute approximate surface area is 118 Å². The maximum atomic E-state index is 11.2. The summed E-state index contributed by atoms with van der Waals surface area (Å²) >= 11 is 1.53. The minimum atomic E-state index is -2.97. The molecule has 1 heterocycles. The second-order valence-electron chi connectivity index (χ2n) is 4.70. The largest absolute Gasteiger partial charge is 0.480 e. The van der Waals surface area contributed by atoms with E-state index in [-0.39, 0.29) is 11.8 Å². The number of sulfone groups is 1. The molecular weight excluding hydrogens is 286 g/mol. The van der Waals surface area contributed by atoms with Gasteiger partial charge in [0, 0.05) is 32.9 Å². The van der Waals surface area contributed by atoms with E-state index in [1.807, 2.05) is 25.9 Å². The topological polar surface area (TPSA) is 71.5 Å². The third-order valence-corrected chi connectivity index (χ3v) is 4.70. The normalized spacial score (nSPS) is 13.3. The number of hydrogen-bond donors (Lipinski definition) is 1. The number of aromatic nitrogens is 1. The van der Waals surface area contributed by atoms with Crippen LogP contribution in [0.15, 0.2) is 0 Å². The predicted octanol–water partition coefficient (Wildman–Crippen LogP) is 0.740. The van der Waals surface area contributed by atoms with Gasteiger partial charge in [-0.3, -0.25) is 0 Å². The van der Waals surface area contributed by atoms with Crippen molar-refractivity contribution in [2.75, 3.05) is 38.1 Å². The molecule has 0 fully saturated rings. The van der Waals surface area contributed by atoms with Crippen molar-refractivity contribution in [1.29, 1.82) is 0 Å². The van der Waals surface area contributed by atoms with Crippen molar-refractivity contribution in [3.63, 3.8) is 0 Å². The lowest BCUT2D eigenvalue weighted by Crippen LogP contribution is -2.32. The zero-order valence-electron chi connectivity index (χ0n) is 11.9. The van der Waals surface area contributed by atoms with Gasteiger partial charge in [-0.1, -0.05) is 11.3 Å². The Hall–Kier alpha value is -0.860. The number of ether oxygens (including phenoxy) is 1. The van der Waals surface area contributed by atoms with Crippen LogP contribution in [0.2, 0.25) is 0 Å². The molecule has 0 spiro atoms. The number of nitrogens with zero attached hydrogens (tertiary/aromatic N) is 2. The molecule has 0 amide bonds. The number of nitrogens with one attached hydrogen (secondary N) is 1. The molecule has 0 saturated heterocycles. The molecule has 0 aromatic carbocycles. The Morgan fingerprint density at radius 2 is 2.11 bits per heavy atom. The summed E-state index contributed by atoms with van der Waals surface area (Å²) in [6.45, 7) is 2.40. The molecule has 1 N–H and O–H groups in total. The molecule has 0 aliphatic rings. The maximum absolute atomic E-state index is 11.2. The van der Waals surface area contributed by atoms with Crippen molar-refractivity contribution in [3.8, 4) is 5.88 Å². The van der Waals surface area contributed by atoms with Crippen molar-refractivity contribution in [1.82, 2.24) is 10.3 Å². The van der Waals surface area contributed by atoms with Crippen LogP contribution in [0.5, 0.6) is 5.88 Å². The Kier molecular flexibility index (Phi) is 5.57. The van der Waals surface area contributed by atoms with Gasteiger partial charge in [-0.25, -0.2) is 8.42 Å². The van der Waals surface area contributed by atoms with Gasteiger partial charge in [0.05, 0.1) is 17.7 Å². The summed E-state index contributed by atoms with van der Waals surface area (Å²) in [5.74, 6) is 0.710. The van der Waals surface area contributed by atoms with Crippen LogP contribution in [-0.2, 0) is 16.4 Å². The third kappa shape index (κ3) is 5.33. The van der Waals surface area contributed by atoms with Crippen molar-refractivity contribution in [2.24, 2.45) is 0 Å². The zero-order chi connectivity index (χ0) is 14.6. The Morgan fingerprint density at radius 3 is 2.58 bits per heavy atom. The fraction of sp³-hybridized carbons (Fsp3) is 0.727. The van der Waals surface area contributed by atoms with Crippen molar-refractivity contribution >= 4 is 26.3 Å². The fourth-order valence-corrected chi connectivity index (χ4v) is 3.50. The molecule has 0 aliphatic heterocycles. The van der Waals surface area contributed by atoms with Gasteiger partial charge in [-0.05, 0) is 6.92 Å². The first-order valence-corrected chi connectivity index (χ1v) is 8.72. The van der Waals surface area contributed by atoms with E-state index in [9.17, 15) is 8.42 Å². The Balaban J connectivity index is 2.66. The number of anilines is 1. The van der Waals surface area contributed by atoms with Gasteiger partial charge in [0.25, 0.3) is 0 Å². The smallest absolute Gasteiger partial charge is 0.230 e. The molecule has 110 valence electrons. The molecule has 0 saturated carbocycles. The second-order valence-corrected chi connectivity index (χ2v) is 7.94. The maximum Gasteiger partial charge on any atom is 0.230 e. The van der Waals surface area contributed by atoms with Crippen molar-refractivity contribution in [3.05, 3.63) is 4.88 Å². The average molecular weight is 307 g/mol. The third-order valence-electron chi connectivity index (χ3n) is 2.39. The van der Waals surface area contributed by atoms with E-state index < -0.39 is 9.84 Å². The first-order chi connectivity index (χ1) is 8.73. The van der Waals surface area contributed by atoms with Crippen LogP contribution >= 0.6 is 11.3 Å². The van der Waals surface area contributed by atoms with Gasteiger partial charge in [0.1, 0.15) is 9.84 Å². The first-order valence-electron chi connectivity index (χ1n) is 5.85. The number of rotatable bonds is 7. The molecule has 1 aromatic heterocycles. The highest BCUT2D eigenvalue weighted by molar-refractivity contribution is 7.90. The lowest BCUT2D eigenvalue weighted by Gasteiger charge is -2.11. The van der Waals surface area contributed by atoms with Crippen LogP contribution in [0.3, 0.4) is 0 Å². The summed E-state index contributed by atoms with van der Waals surface area (Å²) in [6, 6.07) is -0.107. The zero-order valence-corrected chi connectivity index (χ0v) is 13.6. The highest BCUT2D eigenvalue weighted by Gasteiger charge is 2.15. The Bertz CT molecular complexity index is 511. The van der Waals surface area contributed by atoms with E-state index in [2.05, 4.69) is 10.3 Å². The molecule has 0 bridgehead atoms. The van der Waals surface area contributed by atoms with Gasteiger partial charge in [-0.2, -0.15) is 4.98 Å². The van der Waals surface area contributed by atoms with Crippen molar-refractivity contribution in [2.45, 2.75) is 19.5 Å². The van der Waals surface area contributed by atoms with Gasteiger partial charge in [0.2, 0.25) is 5.88 Å². The molecule has 0 radical (unpaired) electrons. The van der Waals surface area contributed by atoms with Gasteiger partial charge in [0.15, 0.2) is 5.13 Å². The summed E-state index contributed by atoms with van der Waals surface area (Å²) in [6.07, 6.45) is 1.24. The molecule has 0 aliphatic carbocycles. The lowest BCUT2D eigenvalue weighted by molar-refractivity contribution is 0.394. The summed E-state index contributed by atoms with van der Waals surface area (Å²) in [5, 5.41) is 4.04. The second kappa shape index (κ2) is 6.53. The van der Waals surface area contributed by atoms with Gasteiger partial charge in [-0.15, -0.1) is 0 Å². The van der Waals surface area contributed by atoms with Crippen LogP contribution in [0.25, 0.3) is 0 Å². The first kappa shape index (κ1) is 16.2. The molecule has 8 heteroatoms. The monoisotopic (exact) mass is 307 g/mol. The van der Waals surface area contributed by atoms with E-state index in [0.29, 0.717) is 12.4 Å². The summed E-state index contributed by atoms with van der Waals surface area (Å²) in [7, 11) is 2.45. The van der Waals surface area contributed by atoms with E-state index in [1.54, 1.807) is 7.11 Å². The number of methoxy groups -OCH3 is 1. The van der Waals surface area contributed by atoms with Crippen LogP contribution in [0.1, 0.15) is 11.8 Å². The number of thiazole rings is 1. The Morgan fingerprint density at radius 1 is 1.47 bits per heavy atom. The quantitative estimate of drug-likeness (QED) is 0.801. The van der Waals surface area contributed by atoms with Gasteiger partial charge >= 0.3 is 0 Å².